The maximum absolute atomic E-state index is 14.3. The number of nitrogens with zero attached hydrogens (tertiary/aromatic N) is 3. The van der Waals surface area contributed by atoms with Gasteiger partial charge in [-0.15, -0.1) is 0 Å². The summed E-state index contributed by atoms with van der Waals surface area (Å²) >= 11 is 0. The Labute approximate surface area is 226 Å². The third kappa shape index (κ3) is 4.52. The minimum absolute atomic E-state index is 0.0133. The van der Waals surface area contributed by atoms with E-state index in [-0.39, 0.29) is 24.8 Å². The number of aliphatic hydroxyl groups is 1. The first-order chi connectivity index (χ1) is 18.5. The average molecular weight is 530 g/mol. The standard InChI is InChI=1S/C32H33F2N3O2/c1-19-28(20(2)39-36-19)23-16-27-29(35-18-23)25-11-10-24(31(3,4)38)17-26(25)37(27)30(21-8-6-5-7-9-21)22-12-14-32(33,34)15-13-22/h5-11,16-18,22,30,38H,12-15H2,1-4H3. The van der Waals surface area contributed by atoms with E-state index in [0.29, 0.717) is 12.8 Å². The van der Waals surface area contributed by atoms with Gasteiger partial charge in [-0.3, -0.25) is 4.98 Å². The molecule has 1 N–H and O–H groups in total. The summed E-state index contributed by atoms with van der Waals surface area (Å²) in [6.45, 7) is 7.34. The van der Waals surface area contributed by atoms with E-state index in [2.05, 4.69) is 27.9 Å². The van der Waals surface area contributed by atoms with Crippen molar-refractivity contribution >= 4 is 21.9 Å². The lowest BCUT2D eigenvalue weighted by Crippen LogP contribution is -2.30. The Morgan fingerprint density at radius 1 is 1.03 bits per heavy atom. The average Bonchev–Trinajstić information content (AvgIpc) is 3.40. The fourth-order valence-corrected chi connectivity index (χ4v) is 6.28. The molecular formula is C32H33F2N3O2. The van der Waals surface area contributed by atoms with Gasteiger partial charge in [0.15, 0.2) is 0 Å². The highest BCUT2D eigenvalue weighted by atomic mass is 19.3. The Kier molecular flexibility index (Phi) is 6.10. The molecule has 0 bridgehead atoms. The second-order valence-corrected chi connectivity index (χ2v) is 11.5. The summed E-state index contributed by atoms with van der Waals surface area (Å²) in [6, 6.07) is 18.1. The molecule has 0 amide bonds. The van der Waals surface area contributed by atoms with Crippen molar-refractivity contribution in [1.82, 2.24) is 14.7 Å². The minimum Gasteiger partial charge on any atom is -0.386 e. The summed E-state index contributed by atoms with van der Waals surface area (Å²) in [5, 5.41) is 16.0. The molecule has 1 fully saturated rings. The van der Waals surface area contributed by atoms with Crippen LogP contribution in [0, 0.1) is 19.8 Å². The Morgan fingerprint density at radius 2 is 1.74 bits per heavy atom. The van der Waals surface area contributed by atoms with Crippen molar-refractivity contribution in [3.63, 3.8) is 0 Å². The van der Waals surface area contributed by atoms with Crippen LogP contribution < -0.4 is 0 Å². The quantitative estimate of drug-likeness (QED) is 0.250. The van der Waals surface area contributed by atoms with Crippen LogP contribution in [0.25, 0.3) is 33.1 Å². The third-order valence-electron chi connectivity index (χ3n) is 8.30. The van der Waals surface area contributed by atoms with Crippen molar-refractivity contribution < 1.29 is 18.4 Å². The summed E-state index contributed by atoms with van der Waals surface area (Å²) < 4.78 is 36.3. The number of halogens is 2. The first-order valence-electron chi connectivity index (χ1n) is 13.6. The van der Waals surface area contributed by atoms with E-state index in [1.54, 1.807) is 13.8 Å². The van der Waals surface area contributed by atoms with Crippen LogP contribution in [0.4, 0.5) is 8.78 Å². The summed E-state index contributed by atoms with van der Waals surface area (Å²) in [5.41, 5.74) is 6.09. The van der Waals surface area contributed by atoms with Gasteiger partial charge >= 0.3 is 0 Å². The van der Waals surface area contributed by atoms with E-state index >= 15 is 0 Å². The lowest BCUT2D eigenvalue weighted by atomic mass is 9.79. The molecule has 39 heavy (non-hydrogen) atoms. The minimum atomic E-state index is -2.62. The van der Waals surface area contributed by atoms with Crippen LogP contribution in [-0.4, -0.2) is 25.7 Å². The Balaban J connectivity index is 1.66. The fraction of sp³-hybridized carbons (Fsp3) is 0.375. The number of aromatic nitrogens is 3. The normalized spacial score (nSPS) is 17.2. The number of benzene rings is 2. The van der Waals surface area contributed by atoms with E-state index in [1.807, 2.05) is 56.4 Å². The van der Waals surface area contributed by atoms with Crippen LogP contribution in [0.5, 0.6) is 0 Å². The number of alkyl halides is 2. The van der Waals surface area contributed by atoms with E-state index in [9.17, 15) is 13.9 Å². The van der Waals surface area contributed by atoms with Crippen LogP contribution in [0.15, 0.2) is 65.3 Å². The molecule has 1 saturated carbocycles. The van der Waals surface area contributed by atoms with Gasteiger partial charge in [0, 0.05) is 35.6 Å². The number of hydrogen-bond acceptors (Lipinski definition) is 4. The molecule has 1 atom stereocenters. The Bertz CT molecular complexity index is 1630. The number of hydrogen-bond donors (Lipinski definition) is 1. The maximum Gasteiger partial charge on any atom is 0.248 e. The van der Waals surface area contributed by atoms with Gasteiger partial charge in [-0.1, -0.05) is 47.6 Å². The van der Waals surface area contributed by atoms with Crippen LogP contribution in [0.3, 0.4) is 0 Å². The molecule has 6 rings (SSSR count). The van der Waals surface area contributed by atoms with Crippen molar-refractivity contribution in [3.8, 4) is 11.1 Å². The van der Waals surface area contributed by atoms with Gasteiger partial charge < -0.3 is 14.2 Å². The topological polar surface area (TPSA) is 64.1 Å². The summed E-state index contributed by atoms with van der Waals surface area (Å²) in [4.78, 5) is 4.93. The largest absolute Gasteiger partial charge is 0.386 e. The van der Waals surface area contributed by atoms with Crippen LogP contribution in [0.1, 0.15) is 68.2 Å². The van der Waals surface area contributed by atoms with Crippen molar-refractivity contribution in [2.24, 2.45) is 5.92 Å². The van der Waals surface area contributed by atoms with E-state index < -0.39 is 11.5 Å². The van der Waals surface area contributed by atoms with Crippen molar-refractivity contribution in [2.45, 2.75) is 70.9 Å². The zero-order valence-electron chi connectivity index (χ0n) is 22.7. The van der Waals surface area contributed by atoms with Crippen molar-refractivity contribution in [1.29, 1.82) is 0 Å². The van der Waals surface area contributed by atoms with Gasteiger partial charge in [-0.25, -0.2) is 8.78 Å². The van der Waals surface area contributed by atoms with Gasteiger partial charge in [-0.05, 0) is 69.7 Å². The van der Waals surface area contributed by atoms with Gasteiger partial charge in [0.25, 0.3) is 0 Å². The van der Waals surface area contributed by atoms with Gasteiger partial charge in [0.05, 0.1) is 33.9 Å². The summed E-state index contributed by atoms with van der Waals surface area (Å²) in [6.07, 6.45) is 2.47. The lowest BCUT2D eigenvalue weighted by Gasteiger charge is -2.36. The lowest BCUT2D eigenvalue weighted by molar-refractivity contribution is -0.0493. The molecule has 1 unspecified atom stereocenters. The zero-order valence-corrected chi connectivity index (χ0v) is 22.7. The maximum atomic E-state index is 14.3. The zero-order chi connectivity index (χ0) is 27.5. The highest BCUT2D eigenvalue weighted by Gasteiger charge is 2.39. The molecule has 0 aliphatic heterocycles. The Morgan fingerprint density at radius 3 is 2.38 bits per heavy atom. The molecule has 0 spiro atoms. The first kappa shape index (κ1) is 25.7. The highest BCUT2D eigenvalue weighted by molar-refractivity contribution is 6.07. The molecule has 1 aliphatic rings. The van der Waals surface area contributed by atoms with E-state index in [1.165, 1.54) is 0 Å². The molecule has 5 nitrogen and oxygen atoms in total. The number of pyridine rings is 1. The molecule has 7 heteroatoms. The van der Waals surface area contributed by atoms with Crippen LogP contribution in [0.2, 0.25) is 0 Å². The molecule has 3 aromatic heterocycles. The van der Waals surface area contributed by atoms with Crippen LogP contribution >= 0.6 is 0 Å². The highest BCUT2D eigenvalue weighted by Crippen LogP contribution is 2.46. The van der Waals surface area contributed by atoms with Gasteiger partial charge in [-0.2, -0.15) is 0 Å². The SMILES string of the molecule is Cc1noc(C)c1-c1cnc2c3ccc(C(C)(C)O)cc3n(C(c3ccccc3)C3CCC(F)(F)CC3)c2c1. The number of rotatable bonds is 5. The predicted octanol–water partition coefficient (Wildman–Crippen LogP) is 8.10. The van der Waals surface area contributed by atoms with Crippen LogP contribution in [-0.2, 0) is 5.60 Å². The Hall–Kier alpha value is -3.58. The monoisotopic (exact) mass is 529 g/mol. The van der Waals surface area contributed by atoms with Gasteiger partial charge in [0.2, 0.25) is 5.92 Å². The van der Waals surface area contributed by atoms with E-state index in [4.69, 9.17) is 9.51 Å². The molecule has 0 saturated heterocycles. The molecular weight excluding hydrogens is 496 g/mol. The second-order valence-electron chi connectivity index (χ2n) is 11.5. The van der Waals surface area contributed by atoms with Crippen molar-refractivity contribution in [2.75, 3.05) is 0 Å². The number of aryl methyl sites for hydroxylation is 2. The molecule has 202 valence electrons. The molecule has 1 aliphatic carbocycles. The second kappa shape index (κ2) is 9.26. The predicted molar refractivity (Wildman–Crippen MR) is 149 cm³/mol. The van der Waals surface area contributed by atoms with Crippen molar-refractivity contribution in [3.05, 3.63) is 83.4 Å². The first-order valence-corrected chi connectivity index (χ1v) is 13.6. The molecule has 3 heterocycles. The van der Waals surface area contributed by atoms with Gasteiger partial charge in [0.1, 0.15) is 5.76 Å². The number of fused-ring (bicyclic) bond motifs is 3. The molecule has 5 aromatic rings. The fourth-order valence-electron chi connectivity index (χ4n) is 6.28. The molecule has 0 radical (unpaired) electrons. The summed E-state index contributed by atoms with van der Waals surface area (Å²) in [5.74, 6) is -1.89. The van der Waals surface area contributed by atoms with E-state index in [0.717, 1.165) is 55.6 Å². The molecule has 2 aromatic carbocycles. The third-order valence-corrected chi connectivity index (χ3v) is 8.30. The summed E-state index contributed by atoms with van der Waals surface area (Å²) in [7, 11) is 0. The smallest absolute Gasteiger partial charge is 0.248 e.